The molecule has 2 aromatic rings. The highest BCUT2D eigenvalue weighted by Gasteiger charge is 2.01. The molecule has 0 saturated carbocycles. The van der Waals surface area contributed by atoms with Crippen LogP contribution < -0.4 is 10.1 Å². The Balaban J connectivity index is 1.56. The fraction of sp³-hybridized carbons (Fsp3) is 0.409. The highest BCUT2D eigenvalue weighted by molar-refractivity contribution is 6.13. The molecule has 0 saturated heterocycles. The van der Waals surface area contributed by atoms with Crippen LogP contribution in [0.1, 0.15) is 36.0 Å². The Morgan fingerprint density at radius 1 is 0.926 bits per heavy atom. The number of halogens is 1. The molecule has 2 aromatic carbocycles. The van der Waals surface area contributed by atoms with Crippen molar-refractivity contribution in [1.82, 2.24) is 5.32 Å². The number of rotatable bonds is 12. The number of benzene rings is 2. The number of hydrogen-bond donors (Lipinski definition) is 1. The molecule has 0 aromatic heterocycles. The molecule has 2 rings (SSSR count). The van der Waals surface area contributed by atoms with E-state index >= 15 is 0 Å². The van der Waals surface area contributed by atoms with Crippen molar-refractivity contribution in [3.8, 4) is 5.75 Å². The molecule has 0 atom stereocenters. The van der Waals surface area contributed by atoms with E-state index in [1.807, 2.05) is 12.1 Å². The van der Waals surface area contributed by atoms with E-state index in [4.69, 9.17) is 16.6 Å². The van der Waals surface area contributed by atoms with Crippen LogP contribution in [0.5, 0.6) is 5.75 Å². The van der Waals surface area contributed by atoms with Crippen LogP contribution >= 0.6 is 11.9 Å². The van der Waals surface area contributed by atoms with E-state index in [0.717, 1.165) is 44.6 Å². The van der Waals surface area contributed by atoms with Gasteiger partial charge < -0.3 is 14.3 Å². The van der Waals surface area contributed by atoms with Gasteiger partial charge in [-0.15, -0.1) is 0 Å². The summed E-state index contributed by atoms with van der Waals surface area (Å²) in [7, 11) is 0. The molecule has 0 unspecified atom stereocenters. The molecule has 0 fully saturated rings. The predicted octanol–water partition coefficient (Wildman–Crippen LogP) is 4.62. The zero-order valence-electron chi connectivity index (χ0n) is 15.9. The summed E-state index contributed by atoms with van der Waals surface area (Å²) < 4.78 is 9.91. The minimum absolute atomic E-state index is 0.291. The molecule has 0 aliphatic heterocycles. The van der Waals surface area contributed by atoms with Gasteiger partial charge >= 0.3 is 5.97 Å². The van der Waals surface area contributed by atoms with Crippen LogP contribution in [-0.4, -0.2) is 25.7 Å². The van der Waals surface area contributed by atoms with Gasteiger partial charge in [0.15, 0.2) is 0 Å². The van der Waals surface area contributed by atoms with Gasteiger partial charge in [0.1, 0.15) is 17.6 Å². The van der Waals surface area contributed by atoms with Gasteiger partial charge in [0.25, 0.3) is 0 Å². The maximum atomic E-state index is 10.9. The largest absolute Gasteiger partial charge is 0.494 e. The van der Waals surface area contributed by atoms with Crippen molar-refractivity contribution in [2.75, 3.05) is 19.7 Å². The monoisotopic (exact) mass is 389 g/mol. The molecular formula is C22H28ClNO3. The Labute approximate surface area is 167 Å². The Hall–Kier alpha value is -2.04. The zero-order valence-corrected chi connectivity index (χ0v) is 16.6. The van der Waals surface area contributed by atoms with E-state index in [-0.39, 0.29) is 0 Å². The fourth-order valence-electron chi connectivity index (χ4n) is 2.74. The highest BCUT2D eigenvalue weighted by atomic mass is 35.5. The number of carbonyl (C=O) groups excluding carboxylic acids is 1. The lowest BCUT2D eigenvalue weighted by Gasteiger charge is -2.08. The van der Waals surface area contributed by atoms with E-state index in [1.54, 1.807) is 0 Å². The van der Waals surface area contributed by atoms with Gasteiger partial charge in [0.2, 0.25) is 0 Å². The Kier molecular flexibility index (Phi) is 9.74. The predicted molar refractivity (Wildman–Crippen MR) is 109 cm³/mol. The summed E-state index contributed by atoms with van der Waals surface area (Å²) in [6.07, 6.45) is 4.33. The average Bonchev–Trinajstić information content (AvgIpc) is 2.70. The first-order chi connectivity index (χ1) is 13.2. The Morgan fingerprint density at radius 2 is 1.56 bits per heavy atom. The van der Waals surface area contributed by atoms with Crippen LogP contribution in [0.2, 0.25) is 0 Å². The van der Waals surface area contributed by atoms with Crippen LogP contribution in [0.3, 0.4) is 0 Å². The molecule has 146 valence electrons. The van der Waals surface area contributed by atoms with Crippen molar-refractivity contribution in [2.45, 2.75) is 39.0 Å². The van der Waals surface area contributed by atoms with Crippen molar-refractivity contribution in [1.29, 1.82) is 0 Å². The van der Waals surface area contributed by atoms with E-state index in [0.29, 0.717) is 13.0 Å². The third-order valence-corrected chi connectivity index (χ3v) is 4.51. The van der Waals surface area contributed by atoms with Gasteiger partial charge in [-0.25, -0.2) is 0 Å². The van der Waals surface area contributed by atoms with Gasteiger partial charge in [0, 0.05) is 6.54 Å². The maximum absolute atomic E-state index is 10.9. The summed E-state index contributed by atoms with van der Waals surface area (Å²) in [5, 5.41) is 3.20. The molecule has 27 heavy (non-hydrogen) atoms. The number of aryl methyl sites for hydroxylation is 3. The molecule has 0 bridgehead atoms. The topological polar surface area (TPSA) is 47.6 Å². The standard InChI is InChI=1S/C22H28ClNO3/c1-18-6-8-20(9-7-18)5-3-17-26-21-12-10-19(11-13-21)4-2-15-24-16-14-22(25)27-23/h6-13,24H,2-5,14-17H2,1H3. The first-order valence-corrected chi connectivity index (χ1v) is 9.77. The second kappa shape index (κ2) is 12.4. The molecule has 4 nitrogen and oxygen atoms in total. The van der Waals surface area contributed by atoms with E-state index in [1.165, 1.54) is 16.7 Å². The molecule has 0 amide bonds. The average molecular weight is 390 g/mol. The van der Waals surface area contributed by atoms with Gasteiger partial charge in [-0.05, 0) is 62.4 Å². The van der Waals surface area contributed by atoms with Crippen LogP contribution in [-0.2, 0) is 21.9 Å². The second-order valence-corrected chi connectivity index (χ2v) is 6.79. The lowest BCUT2D eigenvalue weighted by atomic mass is 10.1. The quantitative estimate of drug-likeness (QED) is 0.538. The molecular weight excluding hydrogens is 362 g/mol. The van der Waals surface area contributed by atoms with E-state index < -0.39 is 5.97 Å². The number of ether oxygens (including phenoxy) is 1. The summed E-state index contributed by atoms with van der Waals surface area (Å²) in [4.78, 5) is 10.9. The van der Waals surface area contributed by atoms with Crippen molar-refractivity contribution in [3.05, 3.63) is 65.2 Å². The lowest BCUT2D eigenvalue weighted by Crippen LogP contribution is -2.19. The molecule has 5 heteroatoms. The summed E-state index contributed by atoms with van der Waals surface area (Å²) in [5.74, 6) is 0.513. The van der Waals surface area contributed by atoms with Crippen LogP contribution in [0.25, 0.3) is 0 Å². The van der Waals surface area contributed by atoms with Gasteiger partial charge in [0.05, 0.1) is 13.0 Å². The normalized spacial score (nSPS) is 10.6. The molecule has 0 aliphatic carbocycles. The van der Waals surface area contributed by atoms with Crippen LogP contribution in [0.15, 0.2) is 48.5 Å². The minimum Gasteiger partial charge on any atom is -0.494 e. The van der Waals surface area contributed by atoms with E-state index in [2.05, 4.69) is 52.9 Å². The summed E-state index contributed by atoms with van der Waals surface area (Å²) in [6, 6.07) is 17.0. The molecule has 0 spiro atoms. The third kappa shape index (κ3) is 8.94. The number of hydrogen-bond acceptors (Lipinski definition) is 4. The summed E-state index contributed by atoms with van der Waals surface area (Å²) in [5.41, 5.74) is 3.93. The molecule has 0 heterocycles. The van der Waals surface area contributed by atoms with E-state index in [9.17, 15) is 4.79 Å². The smallest absolute Gasteiger partial charge is 0.326 e. The van der Waals surface area contributed by atoms with Crippen molar-refractivity contribution >= 4 is 17.8 Å². The molecule has 0 aliphatic rings. The van der Waals surface area contributed by atoms with Crippen LogP contribution in [0.4, 0.5) is 0 Å². The van der Waals surface area contributed by atoms with Crippen LogP contribution in [0, 0.1) is 6.92 Å². The van der Waals surface area contributed by atoms with Crippen molar-refractivity contribution in [2.24, 2.45) is 0 Å². The second-order valence-electron chi connectivity index (χ2n) is 6.63. The zero-order chi connectivity index (χ0) is 19.3. The van der Waals surface area contributed by atoms with Crippen molar-refractivity contribution in [3.63, 3.8) is 0 Å². The molecule has 1 N–H and O–H groups in total. The van der Waals surface area contributed by atoms with Gasteiger partial charge in [-0.1, -0.05) is 42.0 Å². The van der Waals surface area contributed by atoms with Gasteiger partial charge in [-0.2, -0.15) is 0 Å². The fourth-order valence-corrected chi connectivity index (χ4v) is 2.82. The SMILES string of the molecule is Cc1ccc(CCCOc2ccc(CCCNCCC(=O)OCl)cc2)cc1. The Bertz CT molecular complexity index is 671. The first-order valence-electron chi connectivity index (χ1n) is 9.47. The number of nitrogens with one attached hydrogen (secondary N) is 1. The number of carbonyl (C=O) groups is 1. The minimum atomic E-state index is -0.404. The third-order valence-electron chi connectivity index (χ3n) is 4.33. The first kappa shape index (κ1) is 21.3. The summed E-state index contributed by atoms with van der Waals surface area (Å²) in [6.45, 7) is 4.27. The lowest BCUT2D eigenvalue weighted by molar-refractivity contribution is -0.133. The summed E-state index contributed by atoms with van der Waals surface area (Å²) >= 11 is 4.97. The van der Waals surface area contributed by atoms with Crippen molar-refractivity contribution < 1.29 is 13.8 Å². The highest BCUT2D eigenvalue weighted by Crippen LogP contribution is 2.14. The molecule has 0 radical (unpaired) electrons. The maximum Gasteiger partial charge on any atom is 0.326 e. The Morgan fingerprint density at radius 3 is 2.22 bits per heavy atom. The van der Waals surface area contributed by atoms with Gasteiger partial charge in [-0.3, -0.25) is 4.79 Å².